The van der Waals surface area contributed by atoms with Crippen molar-refractivity contribution < 1.29 is 4.79 Å². The molecule has 0 aromatic heterocycles. The molecule has 21 heavy (non-hydrogen) atoms. The Labute approximate surface area is 139 Å². The maximum atomic E-state index is 12.5. The van der Waals surface area contributed by atoms with Crippen LogP contribution < -0.4 is 10.6 Å². The van der Waals surface area contributed by atoms with Gasteiger partial charge in [0.25, 0.3) is 0 Å². The summed E-state index contributed by atoms with van der Waals surface area (Å²) in [6.07, 6.45) is 7.22. The lowest BCUT2D eigenvalue weighted by molar-refractivity contribution is -0.119. The van der Waals surface area contributed by atoms with Crippen molar-refractivity contribution >= 4 is 39.1 Å². The highest BCUT2D eigenvalue weighted by Gasteiger charge is 2.34. The molecular formula is C16H20BrClN2O. The number of hydrogen-bond donors (Lipinski definition) is 2. The van der Waals surface area contributed by atoms with E-state index in [0.29, 0.717) is 11.1 Å². The molecular weight excluding hydrogens is 352 g/mol. The van der Waals surface area contributed by atoms with Crippen LogP contribution in [0.25, 0.3) is 0 Å². The van der Waals surface area contributed by atoms with Crippen LogP contribution >= 0.6 is 27.5 Å². The molecule has 1 aliphatic heterocycles. The van der Waals surface area contributed by atoms with Crippen molar-refractivity contribution in [3.8, 4) is 0 Å². The van der Waals surface area contributed by atoms with Gasteiger partial charge in [0.15, 0.2) is 0 Å². The lowest BCUT2D eigenvalue weighted by atomic mass is 9.77. The topological polar surface area (TPSA) is 41.1 Å². The second-order valence-corrected chi connectivity index (χ2v) is 7.35. The first kappa shape index (κ1) is 15.3. The second kappa shape index (κ2) is 6.67. The van der Waals surface area contributed by atoms with E-state index >= 15 is 0 Å². The molecule has 1 heterocycles. The molecule has 2 fully saturated rings. The van der Waals surface area contributed by atoms with Gasteiger partial charge in [0.2, 0.25) is 5.91 Å². The van der Waals surface area contributed by atoms with Gasteiger partial charge in [-0.25, -0.2) is 0 Å². The van der Waals surface area contributed by atoms with Gasteiger partial charge in [-0.3, -0.25) is 4.79 Å². The zero-order valence-corrected chi connectivity index (χ0v) is 14.2. The minimum absolute atomic E-state index is 0.0435. The molecule has 2 N–H and O–H groups in total. The van der Waals surface area contributed by atoms with E-state index in [1.54, 1.807) is 12.1 Å². The first-order valence-electron chi connectivity index (χ1n) is 7.65. The molecule has 1 saturated heterocycles. The molecule has 0 spiro atoms. The third kappa shape index (κ3) is 3.61. The molecule has 0 bridgehead atoms. The molecule has 1 aliphatic carbocycles. The molecule has 5 heteroatoms. The number of carbonyl (C=O) groups excluding carboxylic acids is 1. The summed E-state index contributed by atoms with van der Waals surface area (Å²) in [7, 11) is 0. The van der Waals surface area contributed by atoms with E-state index in [1.165, 1.54) is 25.7 Å². The number of anilines is 1. The van der Waals surface area contributed by atoms with Crippen LogP contribution in [0.1, 0.15) is 38.5 Å². The van der Waals surface area contributed by atoms with Crippen molar-refractivity contribution in [2.45, 2.75) is 50.6 Å². The Kier molecular flexibility index (Phi) is 4.87. The minimum Gasteiger partial charge on any atom is -0.324 e. The van der Waals surface area contributed by atoms with Crippen LogP contribution in [0, 0.1) is 5.92 Å². The maximum Gasteiger partial charge on any atom is 0.241 e. The Bertz CT molecular complexity index is 537. The van der Waals surface area contributed by atoms with Crippen molar-refractivity contribution in [1.29, 1.82) is 0 Å². The number of carbonyl (C=O) groups is 1. The van der Waals surface area contributed by atoms with E-state index in [0.717, 1.165) is 28.9 Å². The van der Waals surface area contributed by atoms with Crippen LogP contribution in [-0.4, -0.2) is 18.0 Å². The third-order valence-corrected chi connectivity index (χ3v) is 5.58. The summed E-state index contributed by atoms with van der Waals surface area (Å²) in [5.74, 6) is 0.808. The Balaban J connectivity index is 1.64. The van der Waals surface area contributed by atoms with Crippen LogP contribution in [0.2, 0.25) is 5.02 Å². The van der Waals surface area contributed by atoms with Gasteiger partial charge in [-0.2, -0.15) is 0 Å². The van der Waals surface area contributed by atoms with Gasteiger partial charge in [0.1, 0.15) is 0 Å². The van der Waals surface area contributed by atoms with E-state index in [9.17, 15) is 4.79 Å². The number of piperidine rings is 1. The molecule has 3 unspecified atom stereocenters. The number of rotatable bonds is 2. The fraction of sp³-hybridized carbons (Fsp3) is 0.562. The maximum absolute atomic E-state index is 12.5. The van der Waals surface area contributed by atoms with E-state index in [4.69, 9.17) is 11.6 Å². The second-order valence-electron chi connectivity index (χ2n) is 6.06. The third-order valence-electron chi connectivity index (χ3n) is 4.65. The largest absolute Gasteiger partial charge is 0.324 e. The lowest BCUT2D eigenvalue weighted by Gasteiger charge is -2.39. The molecule has 2 aliphatic rings. The van der Waals surface area contributed by atoms with E-state index in [1.807, 2.05) is 6.07 Å². The average Bonchev–Trinajstić information content (AvgIpc) is 2.50. The van der Waals surface area contributed by atoms with Crippen molar-refractivity contribution in [1.82, 2.24) is 5.32 Å². The predicted molar refractivity (Wildman–Crippen MR) is 89.7 cm³/mol. The number of benzene rings is 1. The van der Waals surface area contributed by atoms with Crippen LogP contribution in [0.5, 0.6) is 0 Å². The number of hydrogen-bond acceptors (Lipinski definition) is 2. The Morgan fingerprint density at radius 3 is 2.90 bits per heavy atom. The lowest BCUT2D eigenvalue weighted by Crippen LogP contribution is -2.53. The van der Waals surface area contributed by atoms with Crippen LogP contribution in [-0.2, 0) is 4.79 Å². The molecule has 1 amide bonds. The molecule has 114 valence electrons. The van der Waals surface area contributed by atoms with Crippen molar-refractivity contribution in [3.63, 3.8) is 0 Å². The molecule has 1 saturated carbocycles. The van der Waals surface area contributed by atoms with Crippen LogP contribution in [0.4, 0.5) is 5.69 Å². The fourth-order valence-corrected chi connectivity index (χ4v) is 4.03. The quantitative estimate of drug-likeness (QED) is 0.811. The van der Waals surface area contributed by atoms with Gasteiger partial charge >= 0.3 is 0 Å². The summed E-state index contributed by atoms with van der Waals surface area (Å²) in [5.41, 5.74) is 0.736. The summed E-state index contributed by atoms with van der Waals surface area (Å²) >= 11 is 9.43. The smallest absolute Gasteiger partial charge is 0.241 e. The molecule has 1 aromatic rings. The summed E-state index contributed by atoms with van der Waals surface area (Å²) in [5, 5.41) is 7.16. The van der Waals surface area contributed by atoms with E-state index in [-0.39, 0.29) is 11.9 Å². The van der Waals surface area contributed by atoms with E-state index in [2.05, 4.69) is 26.6 Å². The fourth-order valence-electron chi connectivity index (χ4n) is 3.52. The van der Waals surface area contributed by atoms with Crippen LogP contribution in [0.15, 0.2) is 22.7 Å². The van der Waals surface area contributed by atoms with Gasteiger partial charge in [-0.15, -0.1) is 0 Å². The Hall–Kier alpha value is -0.580. The molecule has 3 atom stereocenters. The highest BCUT2D eigenvalue weighted by molar-refractivity contribution is 9.10. The Morgan fingerprint density at radius 1 is 1.24 bits per heavy atom. The minimum atomic E-state index is -0.0877. The van der Waals surface area contributed by atoms with Gasteiger partial charge in [0, 0.05) is 15.5 Å². The SMILES string of the molecule is O=C(Nc1cc(Cl)ccc1Br)C1CCC2CCCCC2N1. The number of nitrogens with one attached hydrogen (secondary N) is 2. The number of amides is 1. The van der Waals surface area contributed by atoms with Crippen molar-refractivity contribution in [3.05, 3.63) is 27.7 Å². The Morgan fingerprint density at radius 2 is 2.05 bits per heavy atom. The first-order chi connectivity index (χ1) is 10.1. The molecule has 0 radical (unpaired) electrons. The normalized spacial score (nSPS) is 28.8. The van der Waals surface area contributed by atoms with E-state index < -0.39 is 0 Å². The van der Waals surface area contributed by atoms with Gasteiger partial charge < -0.3 is 10.6 Å². The van der Waals surface area contributed by atoms with Crippen molar-refractivity contribution in [2.75, 3.05) is 5.32 Å². The summed E-state index contributed by atoms with van der Waals surface area (Å²) in [6, 6.07) is 5.85. The number of halogens is 2. The first-order valence-corrected chi connectivity index (χ1v) is 8.82. The zero-order chi connectivity index (χ0) is 14.8. The number of fused-ring (bicyclic) bond motifs is 1. The summed E-state index contributed by atoms with van der Waals surface area (Å²) in [6.45, 7) is 0. The monoisotopic (exact) mass is 370 g/mol. The molecule has 1 aromatic carbocycles. The average molecular weight is 372 g/mol. The summed E-state index contributed by atoms with van der Waals surface area (Å²) in [4.78, 5) is 12.5. The van der Waals surface area contributed by atoms with Crippen LogP contribution in [0.3, 0.4) is 0 Å². The van der Waals surface area contributed by atoms with Gasteiger partial charge in [0.05, 0.1) is 11.7 Å². The highest BCUT2D eigenvalue weighted by Crippen LogP contribution is 2.33. The molecule has 3 rings (SSSR count). The summed E-state index contributed by atoms with van der Waals surface area (Å²) < 4.78 is 0.853. The van der Waals surface area contributed by atoms with Crippen molar-refractivity contribution in [2.24, 2.45) is 5.92 Å². The highest BCUT2D eigenvalue weighted by atomic mass is 79.9. The predicted octanol–water partition coefficient (Wildman–Crippen LogP) is 4.35. The van der Waals surface area contributed by atoms with Gasteiger partial charge in [-0.1, -0.05) is 24.4 Å². The standard InChI is InChI=1S/C16H20BrClN2O/c17-12-7-6-11(18)9-15(12)20-16(21)14-8-5-10-3-1-2-4-13(10)19-14/h6-7,9-10,13-14,19H,1-5,8H2,(H,20,21). The van der Waals surface area contributed by atoms with Gasteiger partial charge in [-0.05, 0) is 65.7 Å². The molecule has 3 nitrogen and oxygen atoms in total. The zero-order valence-electron chi connectivity index (χ0n) is 11.9.